The predicted molar refractivity (Wildman–Crippen MR) is 108 cm³/mol. The topological polar surface area (TPSA) is 0 Å². The smallest absolute Gasteiger partial charge is 0.00443 e. The fraction of sp³-hybridized carbons (Fsp3) is 0.840. The van der Waals surface area contributed by atoms with Crippen LogP contribution in [0.1, 0.15) is 92.4 Å². The maximum absolute atomic E-state index is 2.70. The van der Waals surface area contributed by atoms with E-state index in [1.54, 1.807) is 11.1 Å². The Hall–Kier alpha value is -0.520. The highest BCUT2D eigenvalue weighted by atomic mass is 14.6. The summed E-state index contributed by atoms with van der Waals surface area (Å²) in [6.45, 7) is 12.6. The molecule has 0 N–H and O–H groups in total. The van der Waals surface area contributed by atoms with Gasteiger partial charge in [-0.05, 0) is 97.9 Å². The summed E-state index contributed by atoms with van der Waals surface area (Å²) in [5.41, 5.74) is 4.43. The van der Waals surface area contributed by atoms with E-state index in [0.29, 0.717) is 10.8 Å². The third-order valence-electron chi connectivity index (χ3n) is 9.47. The summed E-state index contributed by atoms with van der Waals surface area (Å²) in [5, 5.41) is 0. The Balaban J connectivity index is 1.62. The molecule has 0 aromatic carbocycles. The summed E-state index contributed by atoms with van der Waals surface area (Å²) < 4.78 is 0. The summed E-state index contributed by atoms with van der Waals surface area (Å²) >= 11 is 0. The van der Waals surface area contributed by atoms with Crippen molar-refractivity contribution in [2.75, 3.05) is 0 Å². The molecule has 25 heavy (non-hydrogen) atoms. The summed E-state index contributed by atoms with van der Waals surface area (Å²) in [7, 11) is 0. The molecule has 7 atom stereocenters. The Morgan fingerprint density at radius 2 is 1.92 bits per heavy atom. The van der Waals surface area contributed by atoms with Gasteiger partial charge in [-0.3, -0.25) is 0 Å². The normalized spacial score (nSPS) is 47.2. The quantitative estimate of drug-likeness (QED) is 0.497. The van der Waals surface area contributed by atoms with Crippen LogP contribution in [0.5, 0.6) is 0 Å². The van der Waals surface area contributed by atoms with Crippen LogP contribution in [-0.2, 0) is 0 Å². The Kier molecular flexibility index (Phi) is 4.49. The molecule has 2 saturated carbocycles. The average Bonchev–Trinajstić information content (AvgIpc) is 2.93. The van der Waals surface area contributed by atoms with Gasteiger partial charge in [0.2, 0.25) is 0 Å². The average molecular weight is 341 g/mol. The molecule has 0 heteroatoms. The van der Waals surface area contributed by atoms with Crippen LogP contribution in [0.4, 0.5) is 0 Å². The monoisotopic (exact) mass is 340 g/mol. The second-order valence-electron chi connectivity index (χ2n) is 10.7. The molecule has 7 unspecified atom stereocenters. The molecular weight excluding hydrogens is 300 g/mol. The summed E-state index contributed by atoms with van der Waals surface area (Å²) in [6.07, 6.45) is 18.1. The van der Waals surface area contributed by atoms with Crippen molar-refractivity contribution in [3.63, 3.8) is 0 Å². The molecule has 0 heterocycles. The largest absolute Gasteiger partial charge is 0.0805 e. The molecule has 0 aromatic heterocycles. The molecule has 4 rings (SSSR count). The van der Waals surface area contributed by atoms with Crippen LogP contribution in [0.3, 0.4) is 0 Å². The lowest BCUT2D eigenvalue weighted by atomic mass is 9.47. The zero-order valence-corrected chi connectivity index (χ0v) is 17.4. The molecule has 0 radical (unpaired) electrons. The van der Waals surface area contributed by atoms with Crippen molar-refractivity contribution in [2.45, 2.75) is 92.4 Å². The van der Waals surface area contributed by atoms with Crippen LogP contribution in [0.25, 0.3) is 0 Å². The van der Waals surface area contributed by atoms with Crippen molar-refractivity contribution >= 4 is 0 Å². The molecule has 0 aromatic rings. The van der Waals surface area contributed by atoms with E-state index in [1.807, 2.05) is 0 Å². The van der Waals surface area contributed by atoms with Gasteiger partial charge in [-0.15, -0.1) is 0 Å². The van der Waals surface area contributed by atoms with Gasteiger partial charge in [0.05, 0.1) is 0 Å². The molecule has 0 spiro atoms. The molecule has 0 aliphatic heterocycles. The van der Waals surface area contributed by atoms with Gasteiger partial charge in [-0.1, -0.05) is 58.3 Å². The Labute approximate surface area is 156 Å². The second kappa shape index (κ2) is 6.28. The third-order valence-corrected chi connectivity index (χ3v) is 9.47. The zero-order chi connectivity index (χ0) is 17.8. The minimum Gasteiger partial charge on any atom is -0.0805 e. The van der Waals surface area contributed by atoms with Crippen LogP contribution in [0.15, 0.2) is 23.3 Å². The van der Waals surface area contributed by atoms with E-state index >= 15 is 0 Å². The van der Waals surface area contributed by atoms with Crippen molar-refractivity contribution in [2.24, 2.45) is 40.4 Å². The summed E-state index contributed by atoms with van der Waals surface area (Å²) in [4.78, 5) is 0. The fourth-order valence-corrected chi connectivity index (χ4v) is 8.10. The van der Waals surface area contributed by atoms with Gasteiger partial charge < -0.3 is 0 Å². The van der Waals surface area contributed by atoms with Crippen molar-refractivity contribution in [3.05, 3.63) is 23.3 Å². The van der Waals surface area contributed by atoms with Crippen molar-refractivity contribution in [3.8, 4) is 0 Å². The number of rotatable bonds is 3. The summed E-state index contributed by atoms with van der Waals surface area (Å²) in [6, 6.07) is 0. The zero-order valence-electron chi connectivity index (χ0n) is 17.4. The van der Waals surface area contributed by atoms with E-state index in [2.05, 4.69) is 46.8 Å². The van der Waals surface area contributed by atoms with Crippen molar-refractivity contribution < 1.29 is 0 Å². The van der Waals surface area contributed by atoms with E-state index in [-0.39, 0.29) is 0 Å². The first-order valence-electron chi connectivity index (χ1n) is 11.3. The highest BCUT2D eigenvalue weighted by Gasteiger charge is 2.58. The van der Waals surface area contributed by atoms with E-state index in [4.69, 9.17) is 0 Å². The maximum atomic E-state index is 2.70. The SMILES string of the molecule is CCCC(C)C1CCC2C3CC=C4C=C(C)CCC4(C)C3CCC12C. The molecule has 2 fully saturated rings. The van der Waals surface area contributed by atoms with Gasteiger partial charge in [0.15, 0.2) is 0 Å². The van der Waals surface area contributed by atoms with Crippen LogP contribution in [0.2, 0.25) is 0 Å². The first-order valence-corrected chi connectivity index (χ1v) is 11.3. The van der Waals surface area contributed by atoms with Gasteiger partial charge in [-0.2, -0.15) is 0 Å². The second-order valence-corrected chi connectivity index (χ2v) is 10.7. The fourth-order valence-electron chi connectivity index (χ4n) is 8.10. The molecule has 0 amide bonds. The summed E-state index contributed by atoms with van der Waals surface area (Å²) in [5.74, 6) is 4.85. The van der Waals surface area contributed by atoms with Crippen LogP contribution in [0, 0.1) is 40.4 Å². The predicted octanol–water partition coefficient (Wildman–Crippen LogP) is 7.56. The molecule has 4 aliphatic carbocycles. The molecular formula is C25H40. The number of fused-ring (bicyclic) bond motifs is 5. The molecule has 0 nitrogen and oxygen atoms in total. The van der Waals surface area contributed by atoms with E-state index in [9.17, 15) is 0 Å². The van der Waals surface area contributed by atoms with Gasteiger partial charge in [0, 0.05) is 0 Å². The Morgan fingerprint density at radius 3 is 2.68 bits per heavy atom. The Bertz CT molecular complexity index is 581. The van der Waals surface area contributed by atoms with E-state index < -0.39 is 0 Å². The van der Waals surface area contributed by atoms with Gasteiger partial charge >= 0.3 is 0 Å². The highest BCUT2D eigenvalue weighted by Crippen LogP contribution is 2.67. The lowest BCUT2D eigenvalue weighted by molar-refractivity contribution is -0.0452. The number of hydrogen-bond donors (Lipinski definition) is 0. The molecule has 0 saturated heterocycles. The van der Waals surface area contributed by atoms with Crippen LogP contribution >= 0.6 is 0 Å². The number of allylic oxidation sites excluding steroid dienone is 4. The number of hydrogen-bond acceptors (Lipinski definition) is 0. The lowest BCUT2D eigenvalue weighted by Gasteiger charge is -2.57. The standard InChI is InChI=1S/C25H40/c1-6-7-18(3)21-10-11-22-20-9-8-19-16-17(2)12-14-24(19,4)23(20)13-15-25(21,22)5/h8,16,18,20-23H,6-7,9-15H2,1-5H3. The first-order chi connectivity index (χ1) is 11.9. The molecule has 140 valence electrons. The van der Waals surface area contributed by atoms with Crippen LogP contribution < -0.4 is 0 Å². The van der Waals surface area contributed by atoms with E-state index in [1.165, 1.54) is 57.8 Å². The Morgan fingerprint density at radius 1 is 1.12 bits per heavy atom. The molecule has 0 bridgehead atoms. The van der Waals surface area contributed by atoms with Gasteiger partial charge in [0.1, 0.15) is 0 Å². The lowest BCUT2D eigenvalue weighted by Crippen LogP contribution is -2.49. The minimum absolute atomic E-state index is 0.483. The first kappa shape index (κ1) is 17.9. The van der Waals surface area contributed by atoms with E-state index in [0.717, 1.165) is 29.6 Å². The molecule has 4 aliphatic rings. The highest BCUT2D eigenvalue weighted by molar-refractivity contribution is 5.36. The van der Waals surface area contributed by atoms with Crippen molar-refractivity contribution in [1.29, 1.82) is 0 Å². The third kappa shape index (κ3) is 2.61. The minimum atomic E-state index is 0.483. The van der Waals surface area contributed by atoms with Gasteiger partial charge in [-0.25, -0.2) is 0 Å². The van der Waals surface area contributed by atoms with Crippen molar-refractivity contribution in [1.82, 2.24) is 0 Å². The van der Waals surface area contributed by atoms with Crippen LogP contribution in [-0.4, -0.2) is 0 Å². The maximum Gasteiger partial charge on any atom is -0.00443 e. The van der Waals surface area contributed by atoms with Gasteiger partial charge in [0.25, 0.3) is 0 Å².